The molecule has 0 fully saturated rings. The second kappa shape index (κ2) is 10.7. The van der Waals surface area contributed by atoms with Gasteiger partial charge in [-0.15, -0.1) is 11.3 Å². The van der Waals surface area contributed by atoms with Crippen molar-refractivity contribution in [2.24, 2.45) is 0 Å². The van der Waals surface area contributed by atoms with E-state index in [9.17, 15) is 0 Å². The maximum atomic E-state index is 5.36. The fourth-order valence-corrected chi connectivity index (χ4v) is 10.7. The van der Waals surface area contributed by atoms with E-state index in [-0.39, 0.29) is 0 Å². The molecule has 12 rings (SSSR count). The Kier molecular flexibility index (Phi) is 5.89. The summed E-state index contributed by atoms with van der Waals surface area (Å²) < 4.78 is 4.97. The van der Waals surface area contributed by atoms with Crippen LogP contribution in [0.3, 0.4) is 0 Å². The average Bonchev–Trinajstić information content (AvgIpc) is 3.87. The third kappa shape index (κ3) is 3.79. The highest BCUT2D eigenvalue weighted by Crippen LogP contribution is 2.63. The third-order valence-electron chi connectivity index (χ3n) is 11.6. The lowest BCUT2D eigenvalue weighted by molar-refractivity contribution is 0.776. The van der Waals surface area contributed by atoms with Crippen LogP contribution in [0.1, 0.15) is 22.3 Å². The third-order valence-corrected chi connectivity index (χ3v) is 12.8. The number of aromatic nitrogens is 2. The molecule has 53 heavy (non-hydrogen) atoms. The molecule has 3 heteroatoms. The number of para-hydroxylation sites is 3. The molecule has 10 aromatic rings. The van der Waals surface area contributed by atoms with Crippen molar-refractivity contribution in [2.75, 3.05) is 0 Å². The van der Waals surface area contributed by atoms with Crippen LogP contribution in [0.2, 0.25) is 0 Å². The second-order valence-corrected chi connectivity index (χ2v) is 15.3. The summed E-state index contributed by atoms with van der Waals surface area (Å²) in [5, 5.41) is 2.68. The Hall–Kier alpha value is -6.55. The molecular weight excluding hydrogens is 661 g/mol. The smallest absolute Gasteiger partial charge is 0.145 e. The molecule has 8 aromatic carbocycles. The van der Waals surface area contributed by atoms with E-state index in [0.29, 0.717) is 0 Å². The number of fused-ring (bicyclic) bond motifs is 17. The molecule has 2 aliphatic rings. The number of hydrogen-bond acceptors (Lipinski definition) is 2. The van der Waals surface area contributed by atoms with Crippen molar-refractivity contribution >= 4 is 42.5 Å². The van der Waals surface area contributed by atoms with Gasteiger partial charge in [-0.1, -0.05) is 140 Å². The first-order chi connectivity index (χ1) is 26.3. The van der Waals surface area contributed by atoms with Gasteiger partial charge in [-0.25, -0.2) is 4.98 Å². The lowest BCUT2D eigenvalue weighted by Crippen LogP contribution is -2.29. The molecule has 2 nitrogen and oxygen atoms in total. The largest absolute Gasteiger partial charge is 0.292 e. The van der Waals surface area contributed by atoms with Gasteiger partial charge in [0.25, 0.3) is 0 Å². The molecule has 0 amide bonds. The van der Waals surface area contributed by atoms with Crippen LogP contribution in [-0.4, -0.2) is 9.55 Å². The molecule has 0 saturated heterocycles. The lowest BCUT2D eigenvalue weighted by Gasteiger charge is -2.35. The van der Waals surface area contributed by atoms with Crippen LogP contribution >= 0.6 is 11.3 Å². The first-order valence-corrected chi connectivity index (χ1v) is 19.0. The Morgan fingerprint density at radius 2 is 1.09 bits per heavy atom. The van der Waals surface area contributed by atoms with E-state index in [0.717, 1.165) is 28.1 Å². The highest BCUT2D eigenvalue weighted by molar-refractivity contribution is 7.26. The Morgan fingerprint density at radius 3 is 1.92 bits per heavy atom. The van der Waals surface area contributed by atoms with Crippen molar-refractivity contribution in [3.05, 3.63) is 204 Å². The molecule has 0 saturated carbocycles. The second-order valence-electron chi connectivity index (χ2n) is 14.2. The number of nitrogens with zero attached hydrogens (tertiary/aromatic N) is 2. The first kappa shape index (κ1) is 29.1. The Labute approximate surface area is 310 Å². The van der Waals surface area contributed by atoms with Gasteiger partial charge in [0.15, 0.2) is 0 Å². The summed E-state index contributed by atoms with van der Waals surface area (Å²) in [4.78, 5) is 5.36. The van der Waals surface area contributed by atoms with Gasteiger partial charge in [-0.2, -0.15) is 0 Å². The minimum Gasteiger partial charge on any atom is -0.292 e. The monoisotopic (exact) mass is 690 g/mol. The lowest BCUT2D eigenvalue weighted by atomic mass is 9.65. The Morgan fingerprint density at radius 1 is 0.453 bits per heavy atom. The van der Waals surface area contributed by atoms with Gasteiger partial charge >= 0.3 is 0 Å². The quantitative estimate of drug-likeness (QED) is 0.177. The maximum absolute atomic E-state index is 5.36. The van der Waals surface area contributed by atoms with Crippen molar-refractivity contribution < 1.29 is 0 Å². The summed E-state index contributed by atoms with van der Waals surface area (Å²) in [5.41, 5.74) is 16.6. The first-order valence-electron chi connectivity index (χ1n) is 18.2. The Balaban J connectivity index is 1.27. The molecule has 0 bridgehead atoms. The fourth-order valence-electron chi connectivity index (χ4n) is 9.59. The zero-order valence-electron chi connectivity index (χ0n) is 28.6. The molecule has 0 aliphatic heterocycles. The van der Waals surface area contributed by atoms with Crippen LogP contribution in [-0.2, 0) is 5.41 Å². The van der Waals surface area contributed by atoms with Gasteiger partial charge in [-0.05, 0) is 98.1 Å². The predicted molar refractivity (Wildman–Crippen MR) is 221 cm³/mol. The number of rotatable bonds is 2. The van der Waals surface area contributed by atoms with Crippen molar-refractivity contribution in [1.29, 1.82) is 0 Å². The van der Waals surface area contributed by atoms with E-state index in [1.807, 2.05) is 11.3 Å². The molecule has 2 aromatic heterocycles. The molecule has 1 unspecified atom stereocenters. The minimum atomic E-state index is -0.590. The Bertz CT molecular complexity index is 3130. The molecule has 246 valence electrons. The van der Waals surface area contributed by atoms with Gasteiger partial charge in [0.2, 0.25) is 0 Å². The minimum absolute atomic E-state index is 0.590. The zero-order chi connectivity index (χ0) is 34.7. The van der Waals surface area contributed by atoms with Crippen LogP contribution in [0.25, 0.3) is 81.7 Å². The molecular formula is C50H30N2S. The molecule has 0 N–H and O–H groups in total. The molecule has 2 heterocycles. The zero-order valence-corrected chi connectivity index (χ0v) is 29.4. The van der Waals surface area contributed by atoms with Gasteiger partial charge < -0.3 is 0 Å². The fraction of sp³-hybridized carbons (Fsp3) is 0.0200. The van der Waals surface area contributed by atoms with Crippen molar-refractivity contribution in [3.63, 3.8) is 0 Å². The van der Waals surface area contributed by atoms with Crippen molar-refractivity contribution in [2.45, 2.75) is 5.41 Å². The molecule has 2 aliphatic carbocycles. The predicted octanol–water partition coefficient (Wildman–Crippen LogP) is 13.1. The van der Waals surface area contributed by atoms with Crippen molar-refractivity contribution in [1.82, 2.24) is 9.55 Å². The normalized spacial score (nSPS) is 15.2. The van der Waals surface area contributed by atoms with Crippen LogP contribution in [0, 0.1) is 0 Å². The summed E-state index contributed by atoms with van der Waals surface area (Å²) in [5.74, 6) is 0.937. The van der Waals surface area contributed by atoms with Crippen LogP contribution in [0.4, 0.5) is 0 Å². The van der Waals surface area contributed by atoms with E-state index >= 15 is 0 Å². The standard InChI is InChI=1S/C50H30N2S/c1-2-14-32(15-3-1)52-44-24-12-11-23-43(44)51-49(52)31-26-27-36-34-17-5-4-16-33(34)35-18-6-9-21-39(35)50(42(36)30-31)40-22-10-7-19-37(40)47-41(50)28-29-46-48(47)38-20-8-13-25-45(38)53-46/h1-30H. The van der Waals surface area contributed by atoms with E-state index < -0.39 is 5.41 Å². The summed E-state index contributed by atoms with van der Waals surface area (Å²) in [6, 6.07) is 67.3. The van der Waals surface area contributed by atoms with Crippen LogP contribution < -0.4 is 0 Å². The average molecular weight is 691 g/mol. The van der Waals surface area contributed by atoms with E-state index in [1.165, 1.54) is 75.8 Å². The van der Waals surface area contributed by atoms with Crippen LogP contribution in [0.15, 0.2) is 182 Å². The molecule has 1 spiro atoms. The van der Waals surface area contributed by atoms with E-state index in [1.54, 1.807) is 0 Å². The van der Waals surface area contributed by atoms with Crippen molar-refractivity contribution in [3.8, 4) is 50.5 Å². The number of hydrogen-bond donors (Lipinski definition) is 0. The van der Waals surface area contributed by atoms with Gasteiger partial charge in [-0.3, -0.25) is 4.57 Å². The summed E-state index contributed by atoms with van der Waals surface area (Å²) in [7, 11) is 0. The maximum Gasteiger partial charge on any atom is 0.145 e. The topological polar surface area (TPSA) is 17.8 Å². The SMILES string of the molecule is c1ccc(-n2c(-c3ccc4c(c3)C3(c5ccccc5-c5ccccc5-4)c4ccccc4-c4c3ccc3sc5ccccc5c43)nc3ccccc32)cc1. The molecule has 1 atom stereocenters. The number of imidazole rings is 1. The van der Waals surface area contributed by atoms with Gasteiger partial charge in [0.05, 0.1) is 16.4 Å². The van der Waals surface area contributed by atoms with Crippen LogP contribution in [0.5, 0.6) is 0 Å². The number of benzene rings is 8. The highest BCUT2D eigenvalue weighted by atomic mass is 32.1. The summed E-state index contributed by atoms with van der Waals surface area (Å²) >= 11 is 1.89. The summed E-state index contributed by atoms with van der Waals surface area (Å²) in [6.07, 6.45) is 0. The highest BCUT2D eigenvalue weighted by Gasteiger charge is 2.50. The van der Waals surface area contributed by atoms with E-state index in [4.69, 9.17) is 4.98 Å². The van der Waals surface area contributed by atoms with E-state index in [2.05, 4.69) is 187 Å². The van der Waals surface area contributed by atoms with Gasteiger partial charge in [0, 0.05) is 31.4 Å². The molecule has 0 radical (unpaired) electrons. The number of thiophene rings is 1. The van der Waals surface area contributed by atoms with Gasteiger partial charge in [0.1, 0.15) is 5.82 Å². The summed E-state index contributed by atoms with van der Waals surface area (Å²) in [6.45, 7) is 0.